The van der Waals surface area contributed by atoms with E-state index in [4.69, 9.17) is 14.7 Å². The Morgan fingerprint density at radius 1 is 1.62 bits per heavy atom. The zero-order valence-corrected chi connectivity index (χ0v) is 6.22. The second-order valence-electron chi connectivity index (χ2n) is 0.848. The molecule has 0 aromatic carbocycles. The highest BCUT2D eigenvalue weighted by atomic mass is 32.4. The topological polar surface area (TPSA) is 87.0 Å². The van der Waals surface area contributed by atoms with E-state index in [2.05, 4.69) is 16.1 Å². The molecule has 0 aromatic rings. The summed E-state index contributed by atoms with van der Waals surface area (Å²) in [6.07, 6.45) is 0. The summed E-state index contributed by atoms with van der Waals surface area (Å²) in [6.45, 7) is 0. The average Bonchev–Trinajstić information content (AvgIpc) is 1.21. The van der Waals surface area contributed by atoms with Crippen LogP contribution in [0.1, 0.15) is 0 Å². The van der Waals surface area contributed by atoms with Crippen LogP contribution in [0.3, 0.4) is 0 Å². The molecule has 1 unspecified atom stereocenters. The van der Waals surface area contributed by atoms with Gasteiger partial charge in [-0.05, 0) is 11.8 Å². The van der Waals surface area contributed by atoms with Gasteiger partial charge in [0, 0.05) is 0 Å². The predicted octanol–water partition coefficient (Wildman–Crippen LogP) is -0.406. The first-order valence-corrected chi connectivity index (χ1v) is 5.42. The molecule has 0 aliphatic rings. The molecule has 1 atom stereocenters. The Morgan fingerprint density at radius 2 is 2.00 bits per heavy atom. The summed E-state index contributed by atoms with van der Waals surface area (Å²) in [5.74, 6) is 0. The van der Waals surface area contributed by atoms with Gasteiger partial charge in [0.1, 0.15) is 0 Å². The molecule has 0 spiro atoms. The quantitative estimate of drug-likeness (QED) is 0.498. The van der Waals surface area contributed by atoms with Gasteiger partial charge in [-0.1, -0.05) is 0 Å². The fraction of sp³-hybridized carbons (Fsp3) is 0. The molecule has 0 aliphatic heterocycles. The normalized spacial score (nSPS) is 15.9. The van der Waals surface area contributed by atoms with E-state index in [1.54, 1.807) is 0 Å². The maximum atomic E-state index is 9.71. The number of hydrogen-bond acceptors (Lipinski definition) is 3. The minimum atomic E-state index is -4.53. The first kappa shape index (κ1) is 8.72. The van der Waals surface area contributed by atoms with Crippen molar-refractivity contribution in [3.05, 3.63) is 0 Å². The van der Waals surface area contributed by atoms with E-state index in [9.17, 15) is 4.57 Å². The van der Waals surface area contributed by atoms with Crippen LogP contribution in [-0.4, -0.2) is 14.7 Å². The molecule has 0 bridgehead atoms. The van der Waals surface area contributed by atoms with Crippen LogP contribution in [-0.2, 0) is 20.7 Å². The van der Waals surface area contributed by atoms with Crippen molar-refractivity contribution in [1.29, 1.82) is 0 Å². The van der Waals surface area contributed by atoms with E-state index >= 15 is 0 Å². The summed E-state index contributed by atoms with van der Waals surface area (Å²) in [5, 5.41) is 0. The zero-order valence-electron chi connectivity index (χ0n) is 3.51. The summed E-state index contributed by atoms with van der Waals surface area (Å²) in [7, 11) is -7.20. The van der Waals surface area contributed by atoms with Crippen LogP contribution in [0.2, 0.25) is 0 Å². The molecule has 0 aromatic heterocycles. The van der Waals surface area contributed by atoms with Crippen LogP contribution in [0.4, 0.5) is 0 Å². The highest BCUT2D eigenvalue weighted by Crippen LogP contribution is 2.45. The second-order valence-corrected chi connectivity index (χ2v) is 4.14. The maximum absolute atomic E-state index is 9.71. The first-order chi connectivity index (χ1) is 3.42. The molecule has 0 saturated carbocycles. The zero-order chi connectivity index (χ0) is 6.78. The molecule has 3 N–H and O–H groups in total. The Balaban J connectivity index is 3.74. The van der Waals surface area contributed by atoms with Crippen molar-refractivity contribution in [2.24, 2.45) is 0 Å². The van der Waals surface area contributed by atoms with Crippen molar-refractivity contribution in [3.8, 4) is 0 Å². The van der Waals surface area contributed by atoms with Gasteiger partial charge in [0.25, 0.3) is 0 Å². The first-order valence-electron chi connectivity index (χ1n) is 1.40. The molecule has 8 heteroatoms. The molecule has 0 saturated heterocycles. The van der Waals surface area contributed by atoms with E-state index in [0.29, 0.717) is 0 Å². The van der Waals surface area contributed by atoms with Gasteiger partial charge in [0.15, 0.2) is 7.15 Å². The van der Waals surface area contributed by atoms with Crippen LogP contribution in [0, 0.1) is 0 Å². The van der Waals surface area contributed by atoms with Crippen molar-refractivity contribution in [3.63, 3.8) is 0 Å². The minimum absolute atomic E-state index is 2.67. The minimum Gasteiger partial charge on any atom is -0.347 e. The van der Waals surface area contributed by atoms with Gasteiger partial charge in [0.2, 0.25) is 0 Å². The van der Waals surface area contributed by atoms with Gasteiger partial charge >= 0.3 is 7.82 Å². The molecule has 5 nitrogen and oxygen atoms in total. The molecule has 0 amide bonds. The summed E-state index contributed by atoms with van der Waals surface area (Å²) in [6, 6.07) is 0. The number of rotatable bonds is 2. The number of hydrogen-bond donors (Lipinski definition) is 3. The van der Waals surface area contributed by atoms with Crippen molar-refractivity contribution >= 4 is 26.8 Å². The van der Waals surface area contributed by atoms with Crippen LogP contribution in [0.15, 0.2) is 0 Å². The SMILES string of the molecule is O=P(O)(O)O[PH](O)=S. The second kappa shape index (κ2) is 3.03. The monoisotopic (exact) mass is 178 g/mol. The summed E-state index contributed by atoms with van der Waals surface area (Å²) in [5.41, 5.74) is 0. The van der Waals surface area contributed by atoms with Gasteiger partial charge in [-0.25, -0.2) is 8.88 Å². The maximum Gasteiger partial charge on any atom is 0.475 e. The van der Waals surface area contributed by atoms with Gasteiger partial charge in [-0.15, -0.1) is 0 Å². The van der Waals surface area contributed by atoms with Crippen molar-refractivity contribution in [2.75, 3.05) is 0 Å². The third kappa shape index (κ3) is 6.72. The Hall–Kier alpha value is 0.720. The van der Waals surface area contributed by atoms with Crippen molar-refractivity contribution in [2.45, 2.75) is 0 Å². The highest BCUT2D eigenvalue weighted by Gasteiger charge is 2.13. The molecule has 0 radical (unpaired) electrons. The van der Waals surface area contributed by atoms with E-state index < -0.39 is 15.0 Å². The molecule has 0 rings (SSSR count). The van der Waals surface area contributed by atoms with E-state index in [-0.39, 0.29) is 0 Å². The largest absolute Gasteiger partial charge is 0.475 e. The summed E-state index contributed by atoms with van der Waals surface area (Å²) >= 11 is 3.97. The molecule has 8 heavy (non-hydrogen) atoms. The summed E-state index contributed by atoms with van der Waals surface area (Å²) in [4.78, 5) is 23.8. The van der Waals surface area contributed by atoms with Gasteiger partial charge < -0.3 is 14.7 Å². The fourth-order valence-electron chi connectivity index (χ4n) is 0.102. The van der Waals surface area contributed by atoms with Gasteiger partial charge in [-0.2, -0.15) is 0 Å². The third-order valence-electron chi connectivity index (χ3n) is 0.197. The molecule has 0 heterocycles. The smallest absolute Gasteiger partial charge is 0.347 e. The van der Waals surface area contributed by atoms with Crippen LogP contribution in [0.25, 0.3) is 0 Å². The van der Waals surface area contributed by atoms with Crippen LogP contribution in [0.5, 0.6) is 0 Å². The lowest BCUT2D eigenvalue weighted by atomic mass is 15.7. The lowest BCUT2D eigenvalue weighted by Gasteiger charge is -1.99. The van der Waals surface area contributed by atoms with E-state index in [1.165, 1.54) is 0 Å². The molecular weight excluding hydrogens is 174 g/mol. The summed E-state index contributed by atoms with van der Waals surface area (Å²) < 4.78 is 13.3. The van der Waals surface area contributed by atoms with E-state index in [1.807, 2.05) is 0 Å². The van der Waals surface area contributed by atoms with Crippen molar-refractivity contribution < 1.29 is 23.6 Å². The fourth-order valence-corrected chi connectivity index (χ4v) is 1.79. The molecule has 0 aliphatic carbocycles. The van der Waals surface area contributed by atoms with Gasteiger partial charge in [-0.3, -0.25) is 0 Å². The Morgan fingerprint density at radius 3 is 2.00 bits per heavy atom. The van der Waals surface area contributed by atoms with E-state index in [0.717, 1.165) is 0 Å². The lowest BCUT2D eigenvalue weighted by Crippen LogP contribution is -1.75. The molecule has 0 fully saturated rings. The van der Waals surface area contributed by atoms with Crippen LogP contribution < -0.4 is 0 Å². The average molecular weight is 178 g/mol. The standard InChI is InChI=1S/H4O5P2S/c1-6(8)5-7(2,3)4/h6H,(H,1,8)(H2,2,3,4). The Bertz CT molecular complexity index is 133. The Labute approximate surface area is 51.1 Å². The predicted molar refractivity (Wildman–Crippen MR) is 31.0 cm³/mol. The molecule has 50 valence electrons. The van der Waals surface area contributed by atoms with Crippen molar-refractivity contribution in [1.82, 2.24) is 0 Å². The molecular formula is H4O5P2S. The number of phosphoric acid groups is 1. The highest BCUT2D eigenvalue weighted by molar-refractivity contribution is 8.01. The Kier molecular flexibility index (Phi) is 3.31. The lowest BCUT2D eigenvalue weighted by molar-refractivity contribution is 0.286. The van der Waals surface area contributed by atoms with Gasteiger partial charge in [0.05, 0.1) is 0 Å². The van der Waals surface area contributed by atoms with Crippen LogP contribution >= 0.6 is 15.0 Å². The third-order valence-corrected chi connectivity index (χ3v) is 2.44.